The van der Waals surface area contributed by atoms with Crippen LogP contribution in [-0.4, -0.2) is 5.11 Å². The van der Waals surface area contributed by atoms with Crippen molar-refractivity contribution >= 4 is 23.2 Å². The number of fused-ring (bicyclic) bond motifs is 1. The molecule has 20 heavy (non-hydrogen) atoms. The first-order chi connectivity index (χ1) is 9.65. The summed E-state index contributed by atoms with van der Waals surface area (Å²) in [5.41, 5.74) is 0.843. The second-order valence-electron chi connectivity index (χ2n) is 6.49. The van der Waals surface area contributed by atoms with Gasteiger partial charge in [-0.05, 0) is 54.7 Å². The summed E-state index contributed by atoms with van der Waals surface area (Å²) in [5.74, 6) is 2.09. The van der Waals surface area contributed by atoms with Crippen molar-refractivity contribution in [2.45, 2.75) is 51.0 Å². The Bertz CT molecular complexity index is 474. The van der Waals surface area contributed by atoms with Crippen LogP contribution >= 0.6 is 23.2 Å². The molecule has 4 atom stereocenters. The van der Waals surface area contributed by atoms with Crippen LogP contribution < -0.4 is 0 Å². The van der Waals surface area contributed by atoms with Gasteiger partial charge in [0.05, 0.1) is 6.10 Å². The summed E-state index contributed by atoms with van der Waals surface area (Å²) in [6.45, 7) is 0. The average Bonchev–Trinajstić information content (AvgIpc) is 2.46. The van der Waals surface area contributed by atoms with Crippen molar-refractivity contribution in [2.24, 2.45) is 17.8 Å². The molecule has 0 amide bonds. The van der Waals surface area contributed by atoms with Gasteiger partial charge < -0.3 is 5.11 Å². The normalized spacial score (nSPS) is 31.6. The number of rotatable bonds is 2. The lowest BCUT2D eigenvalue weighted by Crippen LogP contribution is -2.30. The van der Waals surface area contributed by atoms with E-state index < -0.39 is 6.10 Å². The van der Waals surface area contributed by atoms with Crippen molar-refractivity contribution < 1.29 is 5.11 Å². The first-order valence-electron chi connectivity index (χ1n) is 7.78. The van der Waals surface area contributed by atoms with Gasteiger partial charge in [0.2, 0.25) is 0 Å². The minimum absolute atomic E-state index is 0.355. The number of halogens is 2. The fourth-order valence-electron chi connectivity index (χ4n) is 4.19. The van der Waals surface area contributed by atoms with Crippen molar-refractivity contribution in [2.75, 3.05) is 0 Å². The highest BCUT2D eigenvalue weighted by Crippen LogP contribution is 2.46. The Hall–Kier alpha value is -0.240. The number of aliphatic hydroxyl groups is 1. The van der Waals surface area contributed by atoms with E-state index in [-0.39, 0.29) is 0 Å². The Morgan fingerprint density at radius 3 is 2.50 bits per heavy atom. The fourth-order valence-corrected chi connectivity index (χ4v) is 4.71. The van der Waals surface area contributed by atoms with Crippen LogP contribution in [-0.2, 0) is 0 Å². The van der Waals surface area contributed by atoms with E-state index in [2.05, 4.69) is 0 Å². The van der Waals surface area contributed by atoms with E-state index in [1.807, 2.05) is 12.1 Å². The van der Waals surface area contributed by atoms with E-state index in [0.29, 0.717) is 16.0 Å². The summed E-state index contributed by atoms with van der Waals surface area (Å²) in [7, 11) is 0. The molecule has 0 spiro atoms. The van der Waals surface area contributed by atoms with Gasteiger partial charge in [0, 0.05) is 10.0 Å². The van der Waals surface area contributed by atoms with E-state index in [1.54, 1.807) is 6.07 Å². The van der Waals surface area contributed by atoms with Gasteiger partial charge in [-0.2, -0.15) is 0 Å². The van der Waals surface area contributed by atoms with Crippen molar-refractivity contribution in [3.8, 4) is 0 Å². The predicted octanol–water partition coefficient (Wildman–Crippen LogP) is 5.63. The highest BCUT2D eigenvalue weighted by molar-refractivity contribution is 6.35. The Morgan fingerprint density at radius 2 is 1.75 bits per heavy atom. The largest absolute Gasteiger partial charge is 0.388 e. The molecule has 4 unspecified atom stereocenters. The van der Waals surface area contributed by atoms with E-state index in [0.717, 1.165) is 30.2 Å². The van der Waals surface area contributed by atoms with Crippen LogP contribution in [0.4, 0.5) is 0 Å². The minimum Gasteiger partial charge on any atom is -0.388 e. The molecule has 2 fully saturated rings. The fraction of sp³-hybridized carbons (Fsp3) is 0.647. The summed E-state index contributed by atoms with van der Waals surface area (Å²) in [4.78, 5) is 0. The molecule has 2 saturated carbocycles. The van der Waals surface area contributed by atoms with Gasteiger partial charge in [-0.1, -0.05) is 55.0 Å². The third-order valence-electron chi connectivity index (χ3n) is 5.31. The lowest BCUT2D eigenvalue weighted by Gasteiger charge is -2.41. The van der Waals surface area contributed by atoms with Gasteiger partial charge in [-0.25, -0.2) is 0 Å². The van der Waals surface area contributed by atoms with Gasteiger partial charge in [0.25, 0.3) is 0 Å². The smallest absolute Gasteiger partial charge is 0.0832 e. The van der Waals surface area contributed by atoms with Crippen LogP contribution in [0.5, 0.6) is 0 Å². The monoisotopic (exact) mass is 312 g/mol. The second kappa shape index (κ2) is 6.25. The summed E-state index contributed by atoms with van der Waals surface area (Å²) in [5, 5.41) is 11.9. The van der Waals surface area contributed by atoms with Crippen LogP contribution in [0.2, 0.25) is 10.0 Å². The van der Waals surface area contributed by atoms with Gasteiger partial charge in [-0.15, -0.1) is 0 Å². The van der Waals surface area contributed by atoms with Crippen molar-refractivity contribution in [1.82, 2.24) is 0 Å². The maximum atomic E-state index is 10.7. The van der Waals surface area contributed by atoms with Crippen molar-refractivity contribution in [3.05, 3.63) is 33.8 Å². The SMILES string of the molecule is OC(c1ccc(Cl)cc1Cl)C1CCC2CCCCC2C1. The molecule has 0 saturated heterocycles. The Labute approximate surface area is 131 Å². The molecular formula is C17H22Cl2O. The molecule has 1 aromatic rings. The highest BCUT2D eigenvalue weighted by atomic mass is 35.5. The average molecular weight is 313 g/mol. The van der Waals surface area contributed by atoms with E-state index in [4.69, 9.17) is 23.2 Å². The maximum Gasteiger partial charge on any atom is 0.0832 e. The first kappa shape index (κ1) is 14.7. The summed E-state index contributed by atoms with van der Waals surface area (Å²) in [6.07, 6.45) is 8.63. The third-order valence-corrected chi connectivity index (χ3v) is 5.87. The maximum absolute atomic E-state index is 10.7. The number of hydrogen-bond acceptors (Lipinski definition) is 1. The van der Waals surface area contributed by atoms with E-state index in [1.165, 1.54) is 32.1 Å². The summed E-state index contributed by atoms with van der Waals surface area (Å²) >= 11 is 12.2. The molecule has 0 aliphatic heterocycles. The lowest BCUT2D eigenvalue weighted by molar-refractivity contribution is 0.0350. The highest BCUT2D eigenvalue weighted by Gasteiger charge is 2.35. The summed E-state index contributed by atoms with van der Waals surface area (Å²) in [6, 6.07) is 5.43. The molecule has 0 radical (unpaired) electrons. The van der Waals surface area contributed by atoms with E-state index in [9.17, 15) is 5.11 Å². The molecule has 2 aliphatic rings. The van der Waals surface area contributed by atoms with Crippen LogP contribution in [0.1, 0.15) is 56.6 Å². The Kier molecular flexibility index (Phi) is 4.59. The zero-order chi connectivity index (χ0) is 14.1. The molecule has 0 bridgehead atoms. The van der Waals surface area contributed by atoms with E-state index >= 15 is 0 Å². The standard InChI is InChI=1S/C17H22Cl2O/c18-14-7-8-15(16(19)10-14)17(20)13-6-5-11-3-1-2-4-12(11)9-13/h7-8,10-13,17,20H,1-6,9H2. The molecule has 1 N–H and O–H groups in total. The van der Waals surface area contributed by atoms with Crippen LogP contribution in [0.15, 0.2) is 18.2 Å². The van der Waals surface area contributed by atoms with Gasteiger partial charge in [0.1, 0.15) is 0 Å². The molecule has 110 valence electrons. The van der Waals surface area contributed by atoms with Crippen LogP contribution in [0, 0.1) is 17.8 Å². The quantitative estimate of drug-likeness (QED) is 0.750. The Balaban J connectivity index is 1.72. The lowest BCUT2D eigenvalue weighted by atomic mass is 9.66. The molecule has 1 aromatic carbocycles. The molecule has 3 heteroatoms. The van der Waals surface area contributed by atoms with Gasteiger partial charge >= 0.3 is 0 Å². The third kappa shape index (κ3) is 3.00. The number of hydrogen-bond donors (Lipinski definition) is 1. The predicted molar refractivity (Wildman–Crippen MR) is 84.2 cm³/mol. The summed E-state index contributed by atoms with van der Waals surface area (Å²) < 4.78 is 0. The second-order valence-corrected chi connectivity index (χ2v) is 7.33. The van der Waals surface area contributed by atoms with Crippen LogP contribution in [0.25, 0.3) is 0 Å². The number of benzene rings is 1. The van der Waals surface area contributed by atoms with Crippen molar-refractivity contribution in [3.63, 3.8) is 0 Å². The topological polar surface area (TPSA) is 20.2 Å². The van der Waals surface area contributed by atoms with Gasteiger partial charge in [-0.3, -0.25) is 0 Å². The minimum atomic E-state index is -0.442. The molecule has 0 heterocycles. The van der Waals surface area contributed by atoms with Gasteiger partial charge in [0.15, 0.2) is 0 Å². The van der Waals surface area contributed by atoms with Crippen LogP contribution in [0.3, 0.4) is 0 Å². The molecule has 3 rings (SSSR count). The molecular weight excluding hydrogens is 291 g/mol. The first-order valence-corrected chi connectivity index (χ1v) is 8.53. The number of aliphatic hydroxyl groups excluding tert-OH is 1. The molecule has 2 aliphatic carbocycles. The molecule has 0 aromatic heterocycles. The van der Waals surface area contributed by atoms with Crippen molar-refractivity contribution in [1.29, 1.82) is 0 Å². The molecule has 1 nitrogen and oxygen atoms in total. The zero-order valence-electron chi connectivity index (χ0n) is 11.7. The Morgan fingerprint density at radius 1 is 1.00 bits per heavy atom. The zero-order valence-corrected chi connectivity index (χ0v) is 13.2.